The quantitative estimate of drug-likeness (QED) is 0.337. The van der Waals surface area contributed by atoms with Gasteiger partial charge in [0.05, 0.1) is 0 Å². The molecule has 0 rings (SSSR count). The highest BCUT2D eigenvalue weighted by Crippen LogP contribution is 2.21. The second-order valence-electron chi connectivity index (χ2n) is 1.85. The van der Waals surface area contributed by atoms with E-state index < -0.39 is 0 Å². The summed E-state index contributed by atoms with van der Waals surface area (Å²) in [4.78, 5) is 10.5. The average Bonchev–Trinajstić information content (AvgIpc) is 1.96. The molecule has 0 aliphatic carbocycles. The smallest absolute Gasteiger partial charge is 0.193 e. The molecular formula is C6H12INOS2. The monoisotopic (exact) mass is 305 g/mol. The number of hydrogen-bond donors (Lipinski definition) is 1. The van der Waals surface area contributed by atoms with Crippen LogP contribution in [0, 0.1) is 0 Å². The van der Waals surface area contributed by atoms with Gasteiger partial charge >= 0.3 is 0 Å². The number of carbonyl (C=O) groups is 1. The van der Waals surface area contributed by atoms with Crippen molar-refractivity contribution >= 4 is 48.0 Å². The Bertz CT molecular complexity index is 113. The van der Waals surface area contributed by atoms with Gasteiger partial charge in [-0.3, -0.25) is 4.79 Å². The highest BCUT2D eigenvalue weighted by Gasteiger charge is 1.94. The molecule has 0 bridgehead atoms. The van der Waals surface area contributed by atoms with Crippen LogP contribution < -0.4 is 5.32 Å². The minimum atomic E-state index is 0.254. The van der Waals surface area contributed by atoms with E-state index in [2.05, 4.69) is 5.32 Å². The van der Waals surface area contributed by atoms with E-state index in [1.165, 1.54) is 0 Å². The lowest BCUT2D eigenvalue weighted by Crippen LogP contribution is -2.09. The van der Waals surface area contributed by atoms with Gasteiger partial charge in [0.2, 0.25) is 0 Å². The van der Waals surface area contributed by atoms with E-state index in [9.17, 15) is 4.79 Å². The predicted molar refractivity (Wildman–Crippen MR) is 62.5 cm³/mol. The number of hydrogen-bond acceptors (Lipinski definition) is 4. The van der Waals surface area contributed by atoms with Crippen molar-refractivity contribution in [2.24, 2.45) is 0 Å². The van der Waals surface area contributed by atoms with Crippen LogP contribution in [0.4, 0.5) is 0 Å². The van der Waals surface area contributed by atoms with Crippen LogP contribution >= 0.6 is 44.2 Å². The maximum Gasteiger partial charge on any atom is 0.193 e. The summed E-state index contributed by atoms with van der Waals surface area (Å²) in [6.45, 7) is 1.04. The first kappa shape index (κ1) is 12.1. The van der Waals surface area contributed by atoms with Crippen LogP contribution in [-0.4, -0.2) is 28.9 Å². The first-order valence-corrected chi connectivity index (χ1v) is 6.91. The zero-order valence-electron chi connectivity index (χ0n) is 6.43. The lowest BCUT2D eigenvalue weighted by molar-refractivity contribution is -0.109. The van der Waals surface area contributed by atoms with Gasteiger partial charge in [0.1, 0.15) is 0 Å². The van der Waals surface area contributed by atoms with Crippen molar-refractivity contribution in [2.75, 3.05) is 25.1 Å². The summed E-state index contributed by atoms with van der Waals surface area (Å²) in [7, 11) is 5.54. The van der Waals surface area contributed by atoms with E-state index in [0.29, 0.717) is 6.42 Å². The number of nitrogens with one attached hydrogen (secondary N) is 1. The molecule has 0 aromatic rings. The first-order chi connectivity index (χ1) is 5.27. The fourth-order valence-corrected chi connectivity index (χ4v) is 3.02. The second kappa shape index (κ2) is 9.15. The molecule has 66 valence electrons. The molecule has 0 saturated carbocycles. The highest BCUT2D eigenvalue weighted by molar-refractivity contribution is 14.1. The van der Waals surface area contributed by atoms with Gasteiger partial charge in [-0.2, -0.15) is 0 Å². The summed E-state index contributed by atoms with van der Waals surface area (Å²) in [6.07, 6.45) is 0.692. The van der Waals surface area contributed by atoms with Crippen LogP contribution in [-0.2, 0) is 4.79 Å². The lowest BCUT2D eigenvalue weighted by Gasteiger charge is -1.97. The highest BCUT2D eigenvalue weighted by atomic mass is 127. The molecule has 0 unspecified atom stereocenters. The summed E-state index contributed by atoms with van der Waals surface area (Å²) >= 11 is 1.84. The molecule has 1 N–H and O–H groups in total. The minimum Gasteiger partial charge on any atom is -0.319 e. The van der Waals surface area contributed by atoms with Gasteiger partial charge in [0.25, 0.3) is 0 Å². The van der Waals surface area contributed by atoms with Crippen LogP contribution in [0.3, 0.4) is 0 Å². The van der Waals surface area contributed by atoms with E-state index in [1.54, 1.807) is 10.8 Å². The first-order valence-electron chi connectivity index (χ1n) is 3.34. The molecule has 11 heavy (non-hydrogen) atoms. The van der Waals surface area contributed by atoms with Crippen molar-refractivity contribution in [1.82, 2.24) is 5.32 Å². The van der Waals surface area contributed by atoms with Crippen LogP contribution in [0.2, 0.25) is 0 Å². The third-order valence-corrected chi connectivity index (χ3v) is 3.85. The summed E-state index contributed by atoms with van der Waals surface area (Å²) in [5, 5.41) is 3.06. The van der Waals surface area contributed by atoms with Crippen molar-refractivity contribution < 1.29 is 4.79 Å². The maximum atomic E-state index is 10.5. The summed E-state index contributed by atoms with van der Waals surface area (Å²) in [5.41, 5.74) is 0. The van der Waals surface area contributed by atoms with E-state index in [1.807, 2.05) is 40.4 Å². The molecule has 0 aromatic heterocycles. The molecular weight excluding hydrogens is 293 g/mol. The fourth-order valence-electron chi connectivity index (χ4n) is 0.383. The molecule has 0 aliphatic heterocycles. The Labute approximate surface area is 89.2 Å². The molecule has 0 atom stereocenters. The molecule has 5 heteroatoms. The van der Waals surface area contributed by atoms with Crippen molar-refractivity contribution in [3.63, 3.8) is 0 Å². The van der Waals surface area contributed by atoms with Gasteiger partial charge in [-0.1, -0.05) is 21.6 Å². The molecule has 0 spiro atoms. The van der Waals surface area contributed by atoms with Crippen LogP contribution in [0.5, 0.6) is 0 Å². The van der Waals surface area contributed by atoms with Gasteiger partial charge < -0.3 is 5.32 Å². The molecule has 0 saturated heterocycles. The molecule has 0 radical (unpaired) electrons. The van der Waals surface area contributed by atoms with E-state index >= 15 is 0 Å². The van der Waals surface area contributed by atoms with Crippen LogP contribution in [0.1, 0.15) is 6.42 Å². The number of rotatable bonds is 7. The third-order valence-electron chi connectivity index (χ3n) is 0.901. The van der Waals surface area contributed by atoms with Gasteiger partial charge in [-0.25, -0.2) is 0 Å². The second-order valence-corrected chi connectivity index (χ2v) is 5.76. The number of carbonyl (C=O) groups excluding carboxylic acids is 1. The van der Waals surface area contributed by atoms with Crippen molar-refractivity contribution in [2.45, 2.75) is 6.42 Å². The summed E-state index contributed by atoms with van der Waals surface area (Å²) < 4.78 is 0.254. The summed E-state index contributed by atoms with van der Waals surface area (Å²) in [6, 6.07) is 0. The standard InChI is InChI=1S/C6H12INOS2/c1-8-3-5-11-10-4-2-6(7)9/h8H,2-5H2,1H3. The maximum absolute atomic E-state index is 10.5. The van der Waals surface area contributed by atoms with Gasteiger partial charge in [-0.15, -0.1) is 0 Å². The van der Waals surface area contributed by atoms with Gasteiger partial charge in [0.15, 0.2) is 3.79 Å². The van der Waals surface area contributed by atoms with Crippen molar-refractivity contribution in [1.29, 1.82) is 0 Å². The SMILES string of the molecule is CNCCSSCCC(=O)I. The van der Waals surface area contributed by atoms with E-state index in [4.69, 9.17) is 0 Å². The normalized spacial score (nSPS) is 10.0. The lowest BCUT2D eigenvalue weighted by atomic mass is 10.6. The number of halogens is 1. The van der Waals surface area contributed by atoms with Gasteiger partial charge in [0, 0.05) is 24.5 Å². The van der Waals surface area contributed by atoms with Gasteiger partial charge in [-0.05, 0) is 29.6 Å². The molecule has 0 fully saturated rings. The third kappa shape index (κ3) is 11.1. The Balaban J connectivity index is 2.85. The fraction of sp³-hybridized carbons (Fsp3) is 0.833. The minimum absolute atomic E-state index is 0.254. The van der Waals surface area contributed by atoms with E-state index in [0.717, 1.165) is 18.1 Å². The van der Waals surface area contributed by atoms with E-state index in [-0.39, 0.29) is 3.79 Å². The zero-order chi connectivity index (χ0) is 8.53. The Morgan fingerprint density at radius 3 is 2.64 bits per heavy atom. The molecule has 0 amide bonds. The zero-order valence-corrected chi connectivity index (χ0v) is 10.2. The Morgan fingerprint density at radius 1 is 1.45 bits per heavy atom. The van der Waals surface area contributed by atoms with Crippen molar-refractivity contribution in [3.05, 3.63) is 0 Å². The predicted octanol–water partition coefficient (Wildman–Crippen LogP) is 1.94. The summed E-state index contributed by atoms with van der Waals surface area (Å²) in [5.74, 6) is 2.05. The molecule has 0 aromatic carbocycles. The average molecular weight is 305 g/mol. The molecule has 0 aliphatic rings. The van der Waals surface area contributed by atoms with Crippen molar-refractivity contribution in [3.8, 4) is 0 Å². The van der Waals surface area contributed by atoms with Crippen LogP contribution in [0.15, 0.2) is 0 Å². The Hall–Kier alpha value is 1.06. The Morgan fingerprint density at radius 2 is 2.09 bits per heavy atom. The largest absolute Gasteiger partial charge is 0.319 e. The molecule has 2 nitrogen and oxygen atoms in total. The Kier molecular flexibility index (Phi) is 10.0. The van der Waals surface area contributed by atoms with Crippen LogP contribution in [0.25, 0.3) is 0 Å². The molecule has 0 heterocycles. The topological polar surface area (TPSA) is 29.1 Å².